The Morgan fingerprint density at radius 2 is 1.90 bits per heavy atom. The van der Waals surface area contributed by atoms with Gasteiger partial charge in [0.25, 0.3) is 5.88 Å². The average molecular weight is 396 g/mol. The van der Waals surface area contributed by atoms with Gasteiger partial charge in [0.2, 0.25) is 0 Å². The zero-order chi connectivity index (χ0) is 21.3. The van der Waals surface area contributed by atoms with Crippen molar-refractivity contribution in [3.05, 3.63) is 79.1 Å². The number of carboxylic acids is 1. The van der Waals surface area contributed by atoms with E-state index in [4.69, 9.17) is 5.11 Å². The molecule has 1 aromatic carbocycles. The maximum atomic E-state index is 11.7. The van der Waals surface area contributed by atoms with Gasteiger partial charge in [-0.3, -0.25) is 14.9 Å². The van der Waals surface area contributed by atoms with Crippen LogP contribution in [0, 0.1) is 24.0 Å². The molecule has 0 aliphatic rings. The van der Waals surface area contributed by atoms with Crippen LogP contribution in [0.15, 0.2) is 35.1 Å². The normalized spacial score (nSPS) is 11.1. The first-order chi connectivity index (χ1) is 13.7. The van der Waals surface area contributed by atoms with Crippen molar-refractivity contribution in [2.24, 2.45) is 0 Å². The number of benzene rings is 1. The number of aromatic hydroxyl groups is 1. The van der Waals surface area contributed by atoms with Crippen molar-refractivity contribution >= 4 is 23.8 Å². The van der Waals surface area contributed by atoms with Gasteiger partial charge in [-0.15, -0.1) is 0 Å². The van der Waals surface area contributed by atoms with Crippen LogP contribution in [0.25, 0.3) is 17.8 Å². The van der Waals surface area contributed by atoms with E-state index in [-0.39, 0.29) is 11.4 Å². The molecule has 0 amide bonds. The van der Waals surface area contributed by atoms with Crippen LogP contribution < -0.4 is 5.56 Å². The maximum absolute atomic E-state index is 11.7. The lowest BCUT2D eigenvalue weighted by molar-refractivity contribution is -0.387. The minimum absolute atomic E-state index is 0.0336. The van der Waals surface area contributed by atoms with Crippen molar-refractivity contribution in [1.82, 2.24) is 14.5 Å². The Kier molecular flexibility index (Phi) is 5.01. The summed E-state index contributed by atoms with van der Waals surface area (Å²) in [4.78, 5) is 38.3. The van der Waals surface area contributed by atoms with Gasteiger partial charge in [0.1, 0.15) is 5.82 Å². The number of nitrogens with zero attached hydrogens (tertiary/aromatic N) is 3. The molecule has 0 fully saturated rings. The number of aromatic nitrogens is 3. The fraction of sp³-hybridized carbons (Fsp3) is 0.105. The Labute approximate surface area is 163 Å². The molecular formula is C19H16N4O6. The minimum atomic E-state index is -1.05. The molecule has 29 heavy (non-hydrogen) atoms. The molecule has 3 rings (SSSR count). The summed E-state index contributed by atoms with van der Waals surface area (Å²) in [5.41, 5.74) is 1.42. The SMILES string of the molecule is Cc1cc(/C=C/c2nc(O)c([N+](=O)[O-])c(=O)[nH]2)c(C)n1-c1ccc(C(=O)O)cc1. The number of aryl methyl sites for hydroxylation is 1. The molecule has 3 N–H and O–H groups in total. The second-order valence-corrected chi connectivity index (χ2v) is 6.23. The average Bonchev–Trinajstić information content (AvgIpc) is 2.92. The molecule has 0 spiro atoms. The predicted octanol–water partition coefficient (Wildman–Crippen LogP) is 2.66. The first-order valence-corrected chi connectivity index (χ1v) is 8.37. The summed E-state index contributed by atoms with van der Waals surface area (Å²) in [6.45, 7) is 3.74. The fourth-order valence-electron chi connectivity index (χ4n) is 2.99. The molecule has 0 aliphatic carbocycles. The largest absolute Gasteiger partial charge is 0.488 e. The summed E-state index contributed by atoms with van der Waals surface area (Å²) in [6, 6.07) is 8.30. The van der Waals surface area contributed by atoms with Crippen molar-refractivity contribution in [2.75, 3.05) is 0 Å². The first-order valence-electron chi connectivity index (χ1n) is 8.37. The minimum Gasteiger partial charge on any atom is -0.488 e. The van der Waals surface area contributed by atoms with Crippen molar-refractivity contribution in [2.45, 2.75) is 13.8 Å². The van der Waals surface area contributed by atoms with Gasteiger partial charge in [0.05, 0.1) is 10.5 Å². The second kappa shape index (κ2) is 7.43. The van der Waals surface area contributed by atoms with Crippen LogP contribution in [0.3, 0.4) is 0 Å². The number of H-pyrrole nitrogens is 1. The number of aromatic carboxylic acids is 1. The third-order valence-electron chi connectivity index (χ3n) is 4.34. The molecule has 0 radical (unpaired) electrons. The van der Waals surface area contributed by atoms with Gasteiger partial charge in [0.15, 0.2) is 0 Å². The standard InChI is InChI=1S/C19H16N4O6/c1-10-9-13(5-8-15-20-17(24)16(23(28)29)18(25)21-15)11(2)22(10)14-6-3-12(4-7-14)19(26)27/h3-9H,1-2H3,(H,26,27)(H2,20,21,24,25)/b8-5+. The number of nitrogens with one attached hydrogen (secondary N) is 1. The van der Waals surface area contributed by atoms with E-state index < -0.39 is 28.0 Å². The summed E-state index contributed by atoms with van der Waals surface area (Å²) in [5, 5.41) is 29.4. The Bertz CT molecular complexity index is 1200. The van der Waals surface area contributed by atoms with Gasteiger partial charge in [-0.1, -0.05) is 0 Å². The number of aromatic amines is 1. The van der Waals surface area contributed by atoms with Crippen LogP contribution >= 0.6 is 0 Å². The van der Waals surface area contributed by atoms with Crippen LogP contribution in [0.5, 0.6) is 5.88 Å². The molecule has 0 atom stereocenters. The zero-order valence-electron chi connectivity index (χ0n) is 15.4. The highest BCUT2D eigenvalue weighted by Gasteiger charge is 2.21. The predicted molar refractivity (Wildman–Crippen MR) is 104 cm³/mol. The molecule has 2 aromatic heterocycles. The molecule has 0 unspecified atom stereocenters. The van der Waals surface area contributed by atoms with Gasteiger partial charge in [-0.2, -0.15) is 4.98 Å². The summed E-state index contributed by atoms with van der Waals surface area (Å²) in [5.74, 6) is -2.00. The van der Waals surface area contributed by atoms with E-state index in [9.17, 15) is 24.8 Å². The van der Waals surface area contributed by atoms with E-state index in [0.717, 1.165) is 22.6 Å². The summed E-state index contributed by atoms with van der Waals surface area (Å²) < 4.78 is 1.93. The fourth-order valence-corrected chi connectivity index (χ4v) is 2.99. The smallest absolute Gasteiger partial charge is 0.395 e. The van der Waals surface area contributed by atoms with E-state index in [1.54, 1.807) is 18.2 Å². The monoisotopic (exact) mass is 396 g/mol. The van der Waals surface area contributed by atoms with Crippen molar-refractivity contribution in [3.8, 4) is 11.6 Å². The lowest BCUT2D eigenvalue weighted by Crippen LogP contribution is -2.14. The van der Waals surface area contributed by atoms with Gasteiger partial charge >= 0.3 is 17.2 Å². The number of hydrogen-bond acceptors (Lipinski definition) is 6. The number of hydrogen-bond donors (Lipinski definition) is 3. The molecule has 10 heteroatoms. The highest BCUT2D eigenvalue weighted by atomic mass is 16.6. The Balaban J connectivity index is 1.96. The van der Waals surface area contributed by atoms with Crippen molar-refractivity contribution in [3.63, 3.8) is 0 Å². The zero-order valence-corrected chi connectivity index (χ0v) is 15.4. The number of nitro groups is 1. The molecule has 0 bridgehead atoms. The number of carboxylic acid groups (broad SMARTS) is 1. The molecule has 0 saturated carbocycles. The number of rotatable bonds is 5. The van der Waals surface area contributed by atoms with Gasteiger partial charge in [-0.05, 0) is 61.9 Å². The van der Waals surface area contributed by atoms with Crippen LogP contribution in [0.4, 0.5) is 5.69 Å². The van der Waals surface area contributed by atoms with Crippen LogP contribution in [0.1, 0.15) is 33.1 Å². The number of carbonyl (C=O) groups is 1. The molecule has 148 valence electrons. The van der Waals surface area contributed by atoms with Crippen LogP contribution in [-0.2, 0) is 0 Å². The van der Waals surface area contributed by atoms with Crippen molar-refractivity contribution in [1.29, 1.82) is 0 Å². The lowest BCUT2D eigenvalue weighted by Gasteiger charge is -2.10. The molecular weight excluding hydrogens is 380 g/mol. The molecule has 10 nitrogen and oxygen atoms in total. The summed E-state index contributed by atoms with van der Waals surface area (Å²) in [7, 11) is 0. The van der Waals surface area contributed by atoms with Gasteiger partial charge in [-0.25, -0.2) is 4.79 Å². The van der Waals surface area contributed by atoms with E-state index in [0.29, 0.717) is 0 Å². The van der Waals surface area contributed by atoms with Crippen molar-refractivity contribution < 1.29 is 19.9 Å². The lowest BCUT2D eigenvalue weighted by atomic mass is 10.2. The molecule has 3 aromatic rings. The quantitative estimate of drug-likeness (QED) is 0.443. The highest BCUT2D eigenvalue weighted by molar-refractivity contribution is 5.87. The van der Waals surface area contributed by atoms with Gasteiger partial charge < -0.3 is 19.8 Å². The first kappa shape index (κ1) is 19.5. The van der Waals surface area contributed by atoms with E-state index in [1.807, 2.05) is 24.5 Å². The maximum Gasteiger partial charge on any atom is 0.395 e. The third kappa shape index (κ3) is 3.76. The summed E-state index contributed by atoms with van der Waals surface area (Å²) >= 11 is 0. The topological polar surface area (TPSA) is 151 Å². The molecule has 2 heterocycles. The van der Waals surface area contributed by atoms with E-state index in [1.165, 1.54) is 18.2 Å². The van der Waals surface area contributed by atoms with E-state index in [2.05, 4.69) is 9.97 Å². The highest BCUT2D eigenvalue weighted by Crippen LogP contribution is 2.23. The van der Waals surface area contributed by atoms with Crippen LogP contribution in [-0.4, -0.2) is 35.6 Å². The molecule has 0 saturated heterocycles. The second-order valence-electron chi connectivity index (χ2n) is 6.23. The Morgan fingerprint density at radius 1 is 1.24 bits per heavy atom. The molecule has 0 aliphatic heterocycles. The van der Waals surface area contributed by atoms with Gasteiger partial charge in [0, 0.05) is 17.1 Å². The van der Waals surface area contributed by atoms with Crippen LogP contribution in [0.2, 0.25) is 0 Å². The summed E-state index contributed by atoms with van der Waals surface area (Å²) in [6.07, 6.45) is 3.07. The van der Waals surface area contributed by atoms with E-state index >= 15 is 0 Å². The Hall–Kier alpha value is -4.21. The third-order valence-corrected chi connectivity index (χ3v) is 4.34. The Morgan fingerprint density at radius 3 is 2.45 bits per heavy atom.